The van der Waals surface area contributed by atoms with Crippen LogP contribution < -0.4 is 4.31 Å². The number of para-hydroxylation sites is 1. The highest BCUT2D eigenvalue weighted by Gasteiger charge is 2.27. The summed E-state index contributed by atoms with van der Waals surface area (Å²) in [7, 11) is -3.89. The molecule has 0 aliphatic heterocycles. The first-order chi connectivity index (χ1) is 11.4. The van der Waals surface area contributed by atoms with Crippen LogP contribution in [0.1, 0.15) is 30.6 Å². The van der Waals surface area contributed by atoms with E-state index in [0.29, 0.717) is 17.7 Å². The number of rotatable bonds is 7. The molecule has 0 heterocycles. The fourth-order valence-electron chi connectivity index (χ4n) is 2.26. The number of nitrogens with zero attached hydrogens (tertiary/aromatic N) is 1. The van der Waals surface area contributed by atoms with E-state index in [2.05, 4.69) is 0 Å². The van der Waals surface area contributed by atoms with Crippen molar-refractivity contribution in [2.45, 2.75) is 31.3 Å². The molecule has 0 saturated carbocycles. The van der Waals surface area contributed by atoms with Gasteiger partial charge in [0.2, 0.25) is 0 Å². The van der Waals surface area contributed by atoms with E-state index in [1.54, 1.807) is 49.4 Å². The fourth-order valence-corrected chi connectivity index (χ4v) is 3.81. The molecule has 0 fully saturated rings. The number of ketones is 1. The summed E-state index contributed by atoms with van der Waals surface area (Å²) in [5, 5.41) is 9.98. The molecular weight excluding hydrogens is 326 g/mol. The van der Waals surface area contributed by atoms with Crippen molar-refractivity contribution in [3.05, 3.63) is 60.2 Å². The van der Waals surface area contributed by atoms with Crippen LogP contribution in [-0.2, 0) is 10.0 Å². The number of carbonyl (C=O) groups excluding carboxylic acids is 1. The molecule has 0 aliphatic rings. The summed E-state index contributed by atoms with van der Waals surface area (Å²) in [6.45, 7) is 3.13. The summed E-state index contributed by atoms with van der Waals surface area (Å²) in [6, 6.07) is 14.6. The molecule has 1 N–H and O–H groups in total. The monoisotopic (exact) mass is 347 g/mol. The second kappa shape index (κ2) is 7.59. The lowest BCUT2D eigenvalue weighted by Crippen LogP contribution is -2.37. The molecule has 1 atom stereocenters. The second-order valence-electron chi connectivity index (χ2n) is 5.52. The minimum absolute atomic E-state index is 0.0300. The smallest absolute Gasteiger partial charge is 0.264 e. The summed E-state index contributed by atoms with van der Waals surface area (Å²) in [5.74, 6) is -0.202. The first-order valence-corrected chi connectivity index (χ1v) is 9.17. The molecule has 2 rings (SSSR count). The number of aliphatic hydroxyl groups excluding tert-OH is 1. The summed E-state index contributed by atoms with van der Waals surface area (Å²) in [6.07, 6.45) is -0.345. The molecule has 0 aliphatic carbocycles. The SMILES string of the molecule is CC[C@H](O)CN(c1ccccc1)S(=O)(=O)c1cccc(C(C)=O)c1. The van der Waals surface area contributed by atoms with Gasteiger partial charge >= 0.3 is 0 Å². The summed E-state index contributed by atoms with van der Waals surface area (Å²) >= 11 is 0. The summed E-state index contributed by atoms with van der Waals surface area (Å²) in [5.41, 5.74) is 0.804. The van der Waals surface area contributed by atoms with Crippen LogP contribution in [0.4, 0.5) is 5.69 Å². The van der Waals surface area contributed by atoms with E-state index in [4.69, 9.17) is 0 Å². The van der Waals surface area contributed by atoms with E-state index in [-0.39, 0.29) is 17.2 Å². The first-order valence-electron chi connectivity index (χ1n) is 7.73. The molecule has 2 aromatic carbocycles. The van der Waals surface area contributed by atoms with E-state index in [1.807, 2.05) is 0 Å². The molecule has 5 nitrogen and oxygen atoms in total. The predicted octanol–water partition coefficient (Wildman–Crippen LogP) is 2.86. The van der Waals surface area contributed by atoms with E-state index in [0.717, 1.165) is 0 Å². The maximum atomic E-state index is 13.1. The number of hydrogen-bond acceptors (Lipinski definition) is 4. The van der Waals surface area contributed by atoms with Crippen molar-refractivity contribution in [2.24, 2.45) is 0 Å². The van der Waals surface area contributed by atoms with Gasteiger partial charge in [-0.25, -0.2) is 8.42 Å². The Morgan fingerprint density at radius 3 is 2.38 bits per heavy atom. The van der Waals surface area contributed by atoms with Gasteiger partial charge in [-0.1, -0.05) is 37.3 Å². The number of benzene rings is 2. The third-order valence-corrected chi connectivity index (χ3v) is 5.51. The van der Waals surface area contributed by atoms with Crippen molar-refractivity contribution < 1.29 is 18.3 Å². The largest absolute Gasteiger partial charge is 0.391 e. The van der Waals surface area contributed by atoms with Crippen LogP contribution in [0.5, 0.6) is 0 Å². The topological polar surface area (TPSA) is 74.7 Å². The van der Waals surface area contributed by atoms with Gasteiger partial charge in [0, 0.05) is 5.56 Å². The van der Waals surface area contributed by atoms with Gasteiger partial charge in [0.1, 0.15) is 0 Å². The van der Waals surface area contributed by atoms with Crippen LogP contribution in [0.3, 0.4) is 0 Å². The fraction of sp³-hybridized carbons (Fsp3) is 0.278. The maximum absolute atomic E-state index is 13.1. The summed E-state index contributed by atoms with van der Waals surface area (Å²) in [4.78, 5) is 11.6. The maximum Gasteiger partial charge on any atom is 0.264 e. The van der Waals surface area contributed by atoms with E-state index >= 15 is 0 Å². The average Bonchev–Trinajstić information content (AvgIpc) is 2.60. The third-order valence-electron chi connectivity index (χ3n) is 3.72. The number of aliphatic hydroxyl groups is 1. The third kappa shape index (κ3) is 4.01. The molecule has 24 heavy (non-hydrogen) atoms. The normalized spacial score (nSPS) is 12.6. The van der Waals surface area contributed by atoms with Crippen molar-refractivity contribution in [1.29, 1.82) is 0 Å². The average molecular weight is 347 g/mol. The van der Waals surface area contributed by atoms with Crippen LogP contribution >= 0.6 is 0 Å². The van der Waals surface area contributed by atoms with E-state index in [9.17, 15) is 18.3 Å². The molecule has 0 radical (unpaired) electrons. The quantitative estimate of drug-likeness (QED) is 0.782. The highest BCUT2D eigenvalue weighted by atomic mass is 32.2. The standard InChI is InChI=1S/C18H21NO4S/c1-3-17(21)13-19(16-9-5-4-6-10-16)24(22,23)18-11-7-8-15(12-18)14(2)20/h4-12,17,21H,3,13H2,1-2H3/t17-/m0/s1. The Morgan fingerprint density at radius 2 is 1.79 bits per heavy atom. The number of hydrogen-bond donors (Lipinski definition) is 1. The molecule has 0 unspecified atom stereocenters. The zero-order chi connectivity index (χ0) is 17.7. The minimum Gasteiger partial charge on any atom is -0.391 e. The predicted molar refractivity (Wildman–Crippen MR) is 93.7 cm³/mol. The molecule has 0 aromatic heterocycles. The lowest BCUT2D eigenvalue weighted by Gasteiger charge is -2.26. The first kappa shape index (κ1) is 18.2. The van der Waals surface area contributed by atoms with Gasteiger partial charge < -0.3 is 5.11 Å². The lowest BCUT2D eigenvalue weighted by molar-refractivity contribution is 0.101. The number of sulfonamides is 1. The Labute approximate surface area is 142 Å². The zero-order valence-corrected chi connectivity index (χ0v) is 14.5. The Bertz CT molecular complexity index is 803. The molecule has 0 bridgehead atoms. The van der Waals surface area contributed by atoms with Crippen LogP contribution in [0.25, 0.3) is 0 Å². The molecule has 0 amide bonds. The summed E-state index contributed by atoms with van der Waals surface area (Å²) < 4.78 is 27.3. The Balaban J connectivity index is 2.51. The van der Waals surface area contributed by atoms with Crippen molar-refractivity contribution in [3.63, 3.8) is 0 Å². The van der Waals surface area contributed by atoms with Crippen molar-refractivity contribution in [3.8, 4) is 0 Å². The molecule has 0 spiro atoms. The van der Waals surface area contributed by atoms with Gasteiger partial charge in [0.15, 0.2) is 5.78 Å². The molecule has 0 saturated heterocycles. The molecule has 6 heteroatoms. The van der Waals surface area contributed by atoms with Gasteiger partial charge in [0.25, 0.3) is 10.0 Å². The molecule has 2 aromatic rings. The van der Waals surface area contributed by atoms with Gasteiger partial charge in [-0.05, 0) is 37.6 Å². The van der Waals surface area contributed by atoms with Crippen LogP contribution in [0, 0.1) is 0 Å². The number of anilines is 1. The van der Waals surface area contributed by atoms with E-state index in [1.165, 1.54) is 23.4 Å². The van der Waals surface area contributed by atoms with Gasteiger partial charge in [-0.15, -0.1) is 0 Å². The van der Waals surface area contributed by atoms with Crippen LogP contribution in [-0.4, -0.2) is 32.0 Å². The van der Waals surface area contributed by atoms with Crippen LogP contribution in [0.15, 0.2) is 59.5 Å². The van der Waals surface area contributed by atoms with Gasteiger partial charge in [-0.3, -0.25) is 9.10 Å². The van der Waals surface area contributed by atoms with E-state index < -0.39 is 16.1 Å². The Morgan fingerprint density at radius 1 is 1.12 bits per heavy atom. The van der Waals surface area contributed by atoms with Crippen molar-refractivity contribution in [1.82, 2.24) is 0 Å². The zero-order valence-electron chi connectivity index (χ0n) is 13.7. The minimum atomic E-state index is -3.89. The lowest BCUT2D eigenvalue weighted by atomic mass is 10.2. The molecule has 128 valence electrons. The Kier molecular flexibility index (Phi) is 5.75. The van der Waals surface area contributed by atoms with Crippen LogP contribution in [0.2, 0.25) is 0 Å². The van der Waals surface area contributed by atoms with Gasteiger partial charge in [0.05, 0.1) is 23.2 Å². The van der Waals surface area contributed by atoms with Gasteiger partial charge in [-0.2, -0.15) is 0 Å². The Hall–Kier alpha value is -2.18. The van der Waals surface area contributed by atoms with Crippen molar-refractivity contribution in [2.75, 3.05) is 10.8 Å². The highest BCUT2D eigenvalue weighted by molar-refractivity contribution is 7.92. The second-order valence-corrected chi connectivity index (χ2v) is 7.38. The van der Waals surface area contributed by atoms with Crippen molar-refractivity contribution >= 4 is 21.5 Å². The number of carbonyl (C=O) groups is 1. The number of Topliss-reactive ketones (excluding diaryl/α,β-unsaturated/α-hetero) is 1. The highest BCUT2D eigenvalue weighted by Crippen LogP contribution is 2.25. The molecular formula is C18H21NO4S.